The van der Waals surface area contributed by atoms with Crippen LogP contribution in [0.15, 0.2) is 18.2 Å². The van der Waals surface area contributed by atoms with Gasteiger partial charge in [0.2, 0.25) is 0 Å². The lowest BCUT2D eigenvalue weighted by Gasteiger charge is -2.28. The molecule has 0 atom stereocenters. The molecular weight excluding hydrogens is 220 g/mol. The van der Waals surface area contributed by atoms with Gasteiger partial charge in [-0.25, -0.2) is 0 Å². The van der Waals surface area contributed by atoms with E-state index in [2.05, 4.69) is 31.7 Å². The molecule has 0 heterocycles. The lowest BCUT2D eigenvalue weighted by molar-refractivity contribution is 0.419. The molecule has 3 heteroatoms. The molecule has 0 amide bonds. The molecule has 0 saturated heterocycles. The molecule has 0 aliphatic carbocycles. The van der Waals surface area contributed by atoms with E-state index in [0.29, 0.717) is 10.6 Å². The maximum Gasteiger partial charge on any atom is 0.0992 e. The fraction of sp³-hybridized carbons (Fsp3) is 0.462. The van der Waals surface area contributed by atoms with E-state index < -0.39 is 0 Å². The van der Waals surface area contributed by atoms with Crippen molar-refractivity contribution in [1.29, 1.82) is 5.26 Å². The molecule has 86 valence electrons. The second-order valence-electron chi connectivity index (χ2n) is 5.19. The molecule has 1 aromatic rings. The third-order valence-corrected chi connectivity index (χ3v) is 2.50. The van der Waals surface area contributed by atoms with E-state index in [1.807, 2.05) is 13.1 Å². The Hall–Kier alpha value is -1.20. The lowest BCUT2D eigenvalue weighted by atomic mass is 9.96. The lowest BCUT2D eigenvalue weighted by Crippen LogP contribution is -2.29. The third-order valence-electron chi connectivity index (χ3n) is 2.20. The highest BCUT2D eigenvalue weighted by Gasteiger charge is 2.15. The average Bonchev–Trinajstić information content (AvgIpc) is 2.14. The number of hydrogen-bond acceptors (Lipinski definition) is 2. The molecule has 1 rings (SSSR count). The zero-order valence-corrected chi connectivity index (χ0v) is 11.0. The fourth-order valence-electron chi connectivity index (χ4n) is 1.68. The van der Waals surface area contributed by atoms with Gasteiger partial charge in [-0.15, -0.1) is 0 Å². The largest absolute Gasteiger partial charge is 0.373 e. The van der Waals surface area contributed by atoms with Crippen molar-refractivity contribution in [2.75, 3.05) is 18.5 Å². The van der Waals surface area contributed by atoms with Gasteiger partial charge in [-0.2, -0.15) is 5.26 Å². The highest BCUT2D eigenvalue weighted by Crippen LogP contribution is 2.28. The zero-order valence-electron chi connectivity index (χ0n) is 10.2. The van der Waals surface area contributed by atoms with Crippen molar-refractivity contribution in [3.05, 3.63) is 28.8 Å². The highest BCUT2D eigenvalue weighted by molar-refractivity contribution is 6.33. The van der Waals surface area contributed by atoms with Crippen LogP contribution in [0.25, 0.3) is 0 Å². The van der Waals surface area contributed by atoms with Crippen LogP contribution in [0.3, 0.4) is 0 Å². The molecule has 2 nitrogen and oxygen atoms in total. The number of nitriles is 1. The Kier molecular flexibility index (Phi) is 3.83. The highest BCUT2D eigenvalue weighted by atomic mass is 35.5. The van der Waals surface area contributed by atoms with Gasteiger partial charge >= 0.3 is 0 Å². The Bertz CT molecular complexity index is 413. The van der Waals surface area contributed by atoms with Crippen LogP contribution < -0.4 is 4.90 Å². The maximum absolute atomic E-state index is 8.76. The Morgan fingerprint density at radius 2 is 2.00 bits per heavy atom. The van der Waals surface area contributed by atoms with E-state index >= 15 is 0 Å². The molecule has 0 N–H and O–H groups in total. The van der Waals surface area contributed by atoms with Crippen LogP contribution in [0, 0.1) is 16.7 Å². The number of hydrogen-bond donors (Lipinski definition) is 0. The summed E-state index contributed by atoms with van der Waals surface area (Å²) in [6.45, 7) is 7.46. The van der Waals surface area contributed by atoms with Crippen LogP contribution >= 0.6 is 11.6 Å². The van der Waals surface area contributed by atoms with Gasteiger partial charge in [-0.1, -0.05) is 32.4 Å². The van der Waals surface area contributed by atoms with Crippen molar-refractivity contribution < 1.29 is 0 Å². The van der Waals surface area contributed by atoms with E-state index in [0.717, 1.165) is 12.2 Å². The van der Waals surface area contributed by atoms with Crippen molar-refractivity contribution >= 4 is 17.3 Å². The standard InChI is InChI=1S/C13H17ClN2/c1-13(2,3)9-16(4)12-6-5-10(8-15)7-11(12)14/h5-7H,9H2,1-4H3. The van der Waals surface area contributed by atoms with Crippen LogP contribution in [0.1, 0.15) is 26.3 Å². The number of rotatable bonds is 2. The van der Waals surface area contributed by atoms with Crippen LogP contribution in [-0.4, -0.2) is 13.6 Å². The molecule has 0 radical (unpaired) electrons. The second kappa shape index (κ2) is 4.76. The summed E-state index contributed by atoms with van der Waals surface area (Å²) in [4.78, 5) is 2.11. The quantitative estimate of drug-likeness (QED) is 0.783. The summed E-state index contributed by atoms with van der Waals surface area (Å²) in [7, 11) is 2.01. The molecule has 1 aromatic carbocycles. The Balaban J connectivity index is 2.93. The van der Waals surface area contributed by atoms with Gasteiger partial charge in [0, 0.05) is 13.6 Å². The molecule has 0 aromatic heterocycles. The van der Waals surface area contributed by atoms with E-state index in [1.54, 1.807) is 12.1 Å². The van der Waals surface area contributed by atoms with Crippen molar-refractivity contribution in [2.45, 2.75) is 20.8 Å². The maximum atomic E-state index is 8.76. The Labute approximate surface area is 102 Å². The fourth-order valence-corrected chi connectivity index (χ4v) is 2.01. The summed E-state index contributed by atoms with van der Waals surface area (Å²) in [6.07, 6.45) is 0. The van der Waals surface area contributed by atoms with E-state index in [-0.39, 0.29) is 5.41 Å². The Morgan fingerprint density at radius 3 is 2.44 bits per heavy atom. The van der Waals surface area contributed by atoms with Gasteiger partial charge in [-0.3, -0.25) is 0 Å². The normalized spacial score (nSPS) is 11.0. The SMILES string of the molecule is CN(CC(C)(C)C)c1ccc(C#N)cc1Cl. The van der Waals surface area contributed by atoms with Gasteiger partial charge in [0.1, 0.15) is 0 Å². The third kappa shape index (κ3) is 3.43. The molecule has 0 saturated carbocycles. The van der Waals surface area contributed by atoms with E-state index in [9.17, 15) is 0 Å². The van der Waals surface area contributed by atoms with E-state index in [1.165, 1.54) is 0 Å². The molecule has 0 unspecified atom stereocenters. The van der Waals surface area contributed by atoms with Crippen molar-refractivity contribution in [3.63, 3.8) is 0 Å². The summed E-state index contributed by atoms with van der Waals surface area (Å²) in [5.41, 5.74) is 1.78. The summed E-state index contributed by atoms with van der Waals surface area (Å²) in [5.74, 6) is 0. The van der Waals surface area contributed by atoms with Gasteiger partial charge in [0.25, 0.3) is 0 Å². The van der Waals surface area contributed by atoms with Crippen LogP contribution in [0.5, 0.6) is 0 Å². The molecule has 0 aliphatic rings. The van der Waals surface area contributed by atoms with Gasteiger partial charge in [0.15, 0.2) is 0 Å². The van der Waals surface area contributed by atoms with Crippen LogP contribution in [0.2, 0.25) is 5.02 Å². The molecule has 0 aliphatic heterocycles. The molecule has 0 fully saturated rings. The number of halogens is 1. The van der Waals surface area contributed by atoms with Crippen molar-refractivity contribution in [1.82, 2.24) is 0 Å². The minimum atomic E-state index is 0.214. The monoisotopic (exact) mass is 236 g/mol. The first kappa shape index (κ1) is 12.9. The topological polar surface area (TPSA) is 27.0 Å². The average molecular weight is 237 g/mol. The van der Waals surface area contributed by atoms with Crippen molar-refractivity contribution in [2.24, 2.45) is 5.41 Å². The number of benzene rings is 1. The number of nitrogens with zero attached hydrogens (tertiary/aromatic N) is 2. The summed E-state index contributed by atoms with van der Waals surface area (Å²) in [5, 5.41) is 9.39. The molecule has 0 spiro atoms. The first-order chi connectivity index (χ1) is 7.33. The molecule has 16 heavy (non-hydrogen) atoms. The van der Waals surface area contributed by atoms with Gasteiger partial charge in [0.05, 0.1) is 22.3 Å². The summed E-state index contributed by atoms with van der Waals surface area (Å²) >= 11 is 6.14. The van der Waals surface area contributed by atoms with E-state index in [4.69, 9.17) is 16.9 Å². The summed E-state index contributed by atoms with van der Waals surface area (Å²) < 4.78 is 0. The first-order valence-corrected chi connectivity index (χ1v) is 5.62. The molecule has 0 bridgehead atoms. The van der Waals surface area contributed by atoms with Gasteiger partial charge in [-0.05, 0) is 23.6 Å². The first-order valence-electron chi connectivity index (χ1n) is 5.24. The minimum absolute atomic E-state index is 0.214. The zero-order chi connectivity index (χ0) is 12.3. The second-order valence-corrected chi connectivity index (χ2v) is 5.60. The molecular formula is C13H17ClN2. The Morgan fingerprint density at radius 1 is 1.38 bits per heavy atom. The number of anilines is 1. The predicted molar refractivity (Wildman–Crippen MR) is 68.9 cm³/mol. The van der Waals surface area contributed by atoms with Crippen LogP contribution in [-0.2, 0) is 0 Å². The smallest absolute Gasteiger partial charge is 0.0992 e. The van der Waals surface area contributed by atoms with Gasteiger partial charge < -0.3 is 4.90 Å². The van der Waals surface area contributed by atoms with Crippen LogP contribution in [0.4, 0.5) is 5.69 Å². The minimum Gasteiger partial charge on any atom is -0.373 e. The summed E-state index contributed by atoms with van der Waals surface area (Å²) in [6, 6.07) is 7.47. The van der Waals surface area contributed by atoms with Crippen molar-refractivity contribution in [3.8, 4) is 6.07 Å². The predicted octanol–water partition coefficient (Wildman–Crippen LogP) is 3.69.